The van der Waals surface area contributed by atoms with E-state index in [4.69, 9.17) is 23.8 Å². The van der Waals surface area contributed by atoms with Crippen molar-refractivity contribution < 1.29 is 0 Å². The van der Waals surface area contributed by atoms with Crippen molar-refractivity contribution in [1.82, 2.24) is 15.3 Å². The summed E-state index contributed by atoms with van der Waals surface area (Å²) in [7, 11) is 0. The van der Waals surface area contributed by atoms with Gasteiger partial charge in [-0.1, -0.05) is 48.0 Å². The number of thiocarbonyl (C=S) groups is 1. The summed E-state index contributed by atoms with van der Waals surface area (Å²) < 4.78 is 0. The number of aryl methyl sites for hydroxylation is 3. The zero-order valence-corrected chi connectivity index (χ0v) is 18.6. The van der Waals surface area contributed by atoms with E-state index in [1.165, 1.54) is 0 Å². The summed E-state index contributed by atoms with van der Waals surface area (Å²) >= 11 is 11.8. The quantitative estimate of drug-likeness (QED) is 0.302. The molecule has 3 rings (SSSR count). The van der Waals surface area contributed by atoms with Crippen molar-refractivity contribution in [2.45, 2.75) is 27.3 Å². The molecule has 1 aromatic heterocycles. The van der Waals surface area contributed by atoms with Crippen LogP contribution in [0.2, 0.25) is 5.02 Å². The third-order valence-corrected chi connectivity index (χ3v) is 4.60. The molecule has 154 valence electrons. The molecular formula is C22H23ClN6S. The summed E-state index contributed by atoms with van der Waals surface area (Å²) in [6.07, 6.45) is 0. The molecule has 1 heterocycles. The zero-order valence-electron chi connectivity index (χ0n) is 17.0. The second-order valence-corrected chi connectivity index (χ2v) is 7.63. The lowest BCUT2D eigenvalue weighted by Crippen LogP contribution is -2.39. The van der Waals surface area contributed by atoms with E-state index in [1.54, 1.807) is 0 Å². The van der Waals surface area contributed by atoms with Crippen LogP contribution in [-0.2, 0) is 6.54 Å². The molecule has 0 unspecified atom stereocenters. The van der Waals surface area contributed by atoms with E-state index in [-0.39, 0.29) is 0 Å². The molecule has 0 bridgehead atoms. The van der Waals surface area contributed by atoms with Crippen molar-refractivity contribution in [3.63, 3.8) is 0 Å². The third-order valence-electron chi connectivity index (χ3n) is 4.08. The topological polar surface area (TPSA) is 74.2 Å². The highest BCUT2D eigenvalue weighted by Gasteiger charge is 2.09. The Hall–Kier alpha value is -3.03. The molecule has 0 aliphatic carbocycles. The molecule has 8 heteroatoms. The lowest BCUT2D eigenvalue weighted by Gasteiger charge is -2.15. The second-order valence-electron chi connectivity index (χ2n) is 6.81. The van der Waals surface area contributed by atoms with Gasteiger partial charge in [0.1, 0.15) is 0 Å². The van der Waals surface area contributed by atoms with Crippen LogP contribution in [0.1, 0.15) is 22.5 Å². The van der Waals surface area contributed by atoms with Crippen LogP contribution < -0.4 is 16.0 Å². The van der Waals surface area contributed by atoms with Crippen molar-refractivity contribution in [1.29, 1.82) is 0 Å². The minimum absolute atomic E-state index is 0.351. The highest BCUT2D eigenvalue weighted by atomic mass is 35.5. The molecule has 6 nitrogen and oxygen atoms in total. The number of guanidine groups is 1. The van der Waals surface area contributed by atoms with Gasteiger partial charge in [0, 0.05) is 11.4 Å². The van der Waals surface area contributed by atoms with Crippen LogP contribution in [0.5, 0.6) is 0 Å². The van der Waals surface area contributed by atoms with Crippen molar-refractivity contribution in [3.8, 4) is 0 Å². The van der Waals surface area contributed by atoms with Gasteiger partial charge in [0.05, 0.1) is 17.3 Å². The van der Waals surface area contributed by atoms with Crippen molar-refractivity contribution >= 4 is 46.5 Å². The van der Waals surface area contributed by atoms with Crippen LogP contribution in [0.15, 0.2) is 59.6 Å². The van der Waals surface area contributed by atoms with Crippen molar-refractivity contribution in [2.75, 3.05) is 10.6 Å². The monoisotopic (exact) mass is 438 g/mol. The Labute approximate surface area is 186 Å². The summed E-state index contributed by atoms with van der Waals surface area (Å²) in [4.78, 5) is 13.5. The van der Waals surface area contributed by atoms with Crippen LogP contribution in [0.4, 0.5) is 11.6 Å². The maximum absolute atomic E-state index is 6.30. The van der Waals surface area contributed by atoms with E-state index in [0.29, 0.717) is 34.3 Å². The fourth-order valence-electron chi connectivity index (χ4n) is 2.73. The normalized spacial score (nSPS) is 11.1. The van der Waals surface area contributed by atoms with Gasteiger partial charge >= 0.3 is 0 Å². The first kappa shape index (κ1) is 21.7. The smallest absolute Gasteiger partial charge is 0.229 e. The Bertz CT molecular complexity index is 1050. The van der Waals surface area contributed by atoms with E-state index < -0.39 is 0 Å². The van der Waals surface area contributed by atoms with Gasteiger partial charge in [-0.25, -0.2) is 15.0 Å². The first-order chi connectivity index (χ1) is 14.4. The van der Waals surface area contributed by atoms with Gasteiger partial charge in [0.2, 0.25) is 11.9 Å². The average Bonchev–Trinajstić information content (AvgIpc) is 2.68. The first-order valence-corrected chi connectivity index (χ1v) is 10.2. The SMILES string of the molecule is Cc1ccc(NC(=S)NC(=NCc2ccccc2)Nc2nc(C)cc(C)n2)c(Cl)c1. The van der Waals surface area contributed by atoms with Gasteiger partial charge < -0.3 is 10.6 Å². The number of rotatable bonds is 4. The van der Waals surface area contributed by atoms with Crippen molar-refractivity contribution in [2.24, 2.45) is 4.99 Å². The van der Waals surface area contributed by atoms with Crippen LogP contribution in [-0.4, -0.2) is 21.0 Å². The molecule has 0 saturated carbocycles. The molecule has 3 N–H and O–H groups in total. The van der Waals surface area contributed by atoms with Crippen LogP contribution >= 0.6 is 23.8 Å². The van der Waals surface area contributed by atoms with E-state index in [2.05, 4.69) is 30.9 Å². The van der Waals surface area contributed by atoms with Gasteiger partial charge in [-0.15, -0.1) is 0 Å². The second kappa shape index (κ2) is 10.1. The summed E-state index contributed by atoms with van der Waals surface area (Å²) in [5, 5.41) is 10.3. The van der Waals surface area contributed by atoms with Gasteiger partial charge in [-0.05, 0) is 62.3 Å². The number of hydrogen-bond acceptors (Lipinski definition) is 4. The largest absolute Gasteiger partial charge is 0.331 e. The van der Waals surface area contributed by atoms with Crippen LogP contribution in [0.25, 0.3) is 0 Å². The maximum atomic E-state index is 6.30. The third kappa shape index (κ3) is 6.50. The van der Waals surface area contributed by atoms with E-state index >= 15 is 0 Å². The number of benzene rings is 2. The number of halogens is 1. The number of nitrogens with one attached hydrogen (secondary N) is 3. The number of aliphatic imine (C=N–C) groups is 1. The van der Waals surface area contributed by atoms with Gasteiger partial charge in [-0.2, -0.15) is 0 Å². The molecular weight excluding hydrogens is 416 g/mol. The summed E-state index contributed by atoms with van der Waals surface area (Å²) in [6.45, 7) is 6.28. The fourth-order valence-corrected chi connectivity index (χ4v) is 3.22. The van der Waals surface area contributed by atoms with Gasteiger partial charge in [0.15, 0.2) is 5.11 Å². The molecule has 0 amide bonds. The molecule has 0 fully saturated rings. The maximum Gasteiger partial charge on any atom is 0.229 e. The Morgan fingerprint density at radius 3 is 2.33 bits per heavy atom. The summed E-state index contributed by atoms with van der Waals surface area (Å²) in [6, 6.07) is 17.6. The Morgan fingerprint density at radius 1 is 0.967 bits per heavy atom. The number of hydrogen-bond donors (Lipinski definition) is 3. The molecule has 30 heavy (non-hydrogen) atoms. The number of nitrogens with zero attached hydrogens (tertiary/aromatic N) is 3. The molecule has 0 atom stereocenters. The molecule has 0 spiro atoms. The van der Waals surface area contributed by atoms with E-state index in [0.717, 1.165) is 22.5 Å². The highest BCUT2D eigenvalue weighted by Crippen LogP contribution is 2.22. The summed E-state index contributed by atoms with van der Waals surface area (Å²) in [5.74, 6) is 0.882. The average molecular weight is 439 g/mol. The standard InChI is InChI=1S/C22H23ClN6S/c1-14-9-10-19(18(23)11-14)27-22(30)29-20(24-13-17-7-5-4-6-8-17)28-21-25-15(2)12-16(3)26-21/h4-12H,13H2,1-3H3,(H3,24,25,26,27,28,29,30). The minimum atomic E-state index is 0.351. The van der Waals surface area contributed by atoms with E-state index in [9.17, 15) is 0 Å². The Kier molecular flexibility index (Phi) is 7.32. The molecule has 0 aliphatic heterocycles. The van der Waals surface area contributed by atoms with Crippen LogP contribution in [0, 0.1) is 20.8 Å². The lowest BCUT2D eigenvalue weighted by molar-refractivity contribution is 1.03. The molecule has 0 saturated heterocycles. The molecule has 2 aromatic carbocycles. The Balaban J connectivity index is 1.78. The van der Waals surface area contributed by atoms with Gasteiger partial charge in [-0.3, -0.25) is 5.32 Å². The van der Waals surface area contributed by atoms with Gasteiger partial charge in [0.25, 0.3) is 0 Å². The predicted octanol–water partition coefficient (Wildman–Crippen LogP) is 5.01. The Morgan fingerprint density at radius 2 is 1.67 bits per heavy atom. The zero-order chi connectivity index (χ0) is 21.5. The first-order valence-electron chi connectivity index (χ1n) is 9.41. The molecule has 3 aromatic rings. The van der Waals surface area contributed by atoms with Crippen molar-refractivity contribution in [3.05, 3.63) is 82.1 Å². The fraction of sp³-hybridized carbons (Fsp3) is 0.182. The lowest BCUT2D eigenvalue weighted by atomic mass is 10.2. The molecule has 0 radical (unpaired) electrons. The summed E-state index contributed by atoms with van der Waals surface area (Å²) in [5.41, 5.74) is 4.58. The number of anilines is 2. The predicted molar refractivity (Wildman–Crippen MR) is 128 cm³/mol. The number of aromatic nitrogens is 2. The molecule has 0 aliphatic rings. The minimum Gasteiger partial charge on any atom is -0.331 e. The van der Waals surface area contributed by atoms with Crippen LogP contribution in [0.3, 0.4) is 0 Å². The van der Waals surface area contributed by atoms with E-state index in [1.807, 2.05) is 75.4 Å². The highest BCUT2D eigenvalue weighted by molar-refractivity contribution is 7.80.